The first-order valence-electron chi connectivity index (χ1n) is 7.05. The van der Waals surface area contributed by atoms with E-state index in [9.17, 15) is 0 Å². The Labute approximate surface area is 120 Å². The molecule has 1 aromatic carbocycles. The van der Waals surface area contributed by atoms with Gasteiger partial charge in [0.2, 0.25) is 0 Å². The van der Waals surface area contributed by atoms with Gasteiger partial charge in [-0.25, -0.2) is 0 Å². The second kappa shape index (κ2) is 6.57. The summed E-state index contributed by atoms with van der Waals surface area (Å²) in [5.74, 6) is 0.908. The van der Waals surface area contributed by atoms with E-state index >= 15 is 0 Å². The molecule has 0 amide bonds. The lowest BCUT2D eigenvalue weighted by molar-refractivity contribution is 0.296. The molecular weight excluding hydrogens is 250 g/mol. The molecular formula is C16H23N3O. The summed E-state index contributed by atoms with van der Waals surface area (Å²) < 4.78 is 7.69. The number of rotatable bonds is 6. The van der Waals surface area contributed by atoms with E-state index in [1.54, 1.807) is 4.68 Å². The van der Waals surface area contributed by atoms with Gasteiger partial charge in [-0.1, -0.05) is 24.6 Å². The third-order valence-corrected chi connectivity index (χ3v) is 3.37. The number of aromatic nitrogens is 2. The molecule has 20 heavy (non-hydrogen) atoms. The highest BCUT2D eigenvalue weighted by Crippen LogP contribution is 2.22. The van der Waals surface area contributed by atoms with E-state index in [4.69, 9.17) is 10.5 Å². The van der Waals surface area contributed by atoms with Crippen molar-refractivity contribution in [3.63, 3.8) is 0 Å². The van der Waals surface area contributed by atoms with Gasteiger partial charge in [0, 0.05) is 19.3 Å². The van der Waals surface area contributed by atoms with Gasteiger partial charge in [-0.3, -0.25) is 4.68 Å². The zero-order chi connectivity index (χ0) is 14.5. The third kappa shape index (κ3) is 3.84. The topological polar surface area (TPSA) is 53.1 Å². The van der Waals surface area contributed by atoms with Gasteiger partial charge in [0.05, 0.1) is 5.69 Å². The van der Waals surface area contributed by atoms with Crippen LogP contribution in [0.15, 0.2) is 30.5 Å². The summed E-state index contributed by atoms with van der Waals surface area (Å²) in [6.07, 6.45) is 3.73. The summed E-state index contributed by atoms with van der Waals surface area (Å²) in [5.41, 5.74) is 9.40. The smallest absolute Gasteiger partial charge is 0.132 e. The van der Waals surface area contributed by atoms with E-state index in [0.29, 0.717) is 6.61 Å². The SMILES string of the molecule is CCC(N)Cc1cc(C)ccc1OCc1ccn(C)n1. The van der Waals surface area contributed by atoms with Crippen LogP contribution in [0.3, 0.4) is 0 Å². The van der Waals surface area contributed by atoms with Crippen LogP contribution in [0.25, 0.3) is 0 Å². The molecule has 4 nitrogen and oxygen atoms in total. The van der Waals surface area contributed by atoms with E-state index in [1.807, 2.05) is 25.4 Å². The van der Waals surface area contributed by atoms with Crippen molar-refractivity contribution in [1.82, 2.24) is 9.78 Å². The van der Waals surface area contributed by atoms with Crippen molar-refractivity contribution in [2.45, 2.75) is 39.3 Å². The monoisotopic (exact) mass is 273 g/mol. The second-order valence-corrected chi connectivity index (χ2v) is 5.25. The lowest BCUT2D eigenvalue weighted by Crippen LogP contribution is -2.21. The van der Waals surface area contributed by atoms with Gasteiger partial charge in [0.25, 0.3) is 0 Å². The highest BCUT2D eigenvalue weighted by Gasteiger charge is 2.09. The molecule has 1 atom stereocenters. The van der Waals surface area contributed by atoms with Gasteiger partial charge in [0.1, 0.15) is 12.4 Å². The van der Waals surface area contributed by atoms with Crippen molar-refractivity contribution < 1.29 is 4.74 Å². The Balaban J connectivity index is 2.09. The number of nitrogens with two attached hydrogens (primary N) is 1. The fourth-order valence-corrected chi connectivity index (χ4v) is 2.13. The summed E-state index contributed by atoms with van der Waals surface area (Å²) in [7, 11) is 1.90. The molecule has 1 unspecified atom stereocenters. The zero-order valence-corrected chi connectivity index (χ0v) is 12.5. The Bertz CT molecular complexity index is 563. The van der Waals surface area contributed by atoms with Crippen LogP contribution in [-0.4, -0.2) is 15.8 Å². The maximum absolute atomic E-state index is 6.06. The van der Waals surface area contributed by atoms with Crippen LogP contribution < -0.4 is 10.5 Å². The third-order valence-electron chi connectivity index (χ3n) is 3.37. The number of aryl methyl sites for hydroxylation is 2. The zero-order valence-electron chi connectivity index (χ0n) is 12.5. The predicted molar refractivity (Wildman–Crippen MR) is 80.7 cm³/mol. The Morgan fingerprint density at radius 3 is 2.80 bits per heavy atom. The molecule has 0 bridgehead atoms. The minimum absolute atomic E-state index is 0.175. The molecule has 2 N–H and O–H groups in total. The molecule has 0 fully saturated rings. The quantitative estimate of drug-likeness (QED) is 0.880. The molecule has 2 aromatic rings. The van der Waals surface area contributed by atoms with Crippen LogP contribution in [0.1, 0.15) is 30.2 Å². The lowest BCUT2D eigenvalue weighted by atomic mass is 10.0. The number of ether oxygens (including phenoxy) is 1. The Kier molecular flexibility index (Phi) is 4.79. The molecule has 0 aliphatic rings. The van der Waals surface area contributed by atoms with Crippen molar-refractivity contribution in [1.29, 1.82) is 0 Å². The maximum Gasteiger partial charge on any atom is 0.132 e. The minimum Gasteiger partial charge on any atom is -0.487 e. The summed E-state index contributed by atoms with van der Waals surface area (Å²) in [5, 5.41) is 4.32. The first-order chi connectivity index (χ1) is 9.58. The van der Waals surface area contributed by atoms with Crippen LogP contribution in [0.4, 0.5) is 0 Å². The summed E-state index contributed by atoms with van der Waals surface area (Å²) in [6.45, 7) is 4.68. The van der Waals surface area contributed by atoms with Crippen LogP contribution in [0, 0.1) is 6.92 Å². The molecule has 0 radical (unpaired) electrons. The molecule has 0 spiro atoms. The van der Waals surface area contributed by atoms with E-state index in [0.717, 1.165) is 24.3 Å². The van der Waals surface area contributed by atoms with Gasteiger partial charge in [0.15, 0.2) is 0 Å². The number of hydrogen-bond acceptors (Lipinski definition) is 3. The highest BCUT2D eigenvalue weighted by molar-refractivity contribution is 5.37. The number of nitrogens with zero attached hydrogens (tertiary/aromatic N) is 2. The van der Waals surface area contributed by atoms with Crippen molar-refractivity contribution in [3.8, 4) is 5.75 Å². The van der Waals surface area contributed by atoms with Gasteiger partial charge < -0.3 is 10.5 Å². The molecule has 1 heterocycles. The predicted octanol–water partition coefficient (Wildman–Crippen LogP) is 2.59. The van der Waals surface area contributed by atoms with E-state index < -0.39 is 0 Å². The average Bonchev–Trinajstić information content (AvgIpc) is 2.83. The van der Waals surface area contributed by atoms with Gasteiger partial charge in [-0.05, 0) is 37.5 Å². The maximum atomic E-state index is 6.06. The molecule has 1 aromatic heterocycles. The Morgan fingerprint density at radius 1 is 1.35 bits per heavy atom. The van der Waals surface area contributed by atoms with Crippen molar-refractivity contribution in [3.05, 3.63) is 47.3 Å². The fourth-order valence-electron chi connectivity index (χ4n) is 2.13. The Morgan fingerprint density at radius 2 is 2.15 bits per heavy atom. The number of hydrogen-bond donors (Lipinski definition) is 1. The van der Waals surface area contributed by atoms with Crippen LogP contribution >= 0.6 is 0 Å². The first-order valence-corrected chi connectivity index (χ1v) is 7.05. The van der Waals surface area contributed by atoms with Crippen molar-refractivity contribution >= 4 is 0 Å². The van der Waals surface area contributed by atoms with Crippen LogP contribution in [0.2, 0.25) is 0 Å². The molecule has 0 aliphatic heterocycles. The van der Waals surface area contributed by atoms with Crippen LogP contribution in [-0.2, 0) is 20.1 Å². The van der Waals surface area contributed by atoms with Crippen LogP contribution in [0.5, 0.6) is 5.75 Å². The molecule has 108 valence electrons. The lowest BCUT2D eigenvalue weighted by Gasteiger charge is -2.14. The van der Waals surface area contributed by atoms with E-state index in [1.165, 1.54) is 11.1 Å². The average molecular weight is 273 g/mol. The van der Waals surface area contributed by atoms with Gasteiger partial charge in [-0.2, -0.15) is 5.10 Å². The minimum atomic E-state index is 0.175. The van der Waals surface area contributed by atoms with Crippen molar-refractivity contribution in [2.24, 2.45) is 12.8 Å². The summed E-state index contributed by atoms with van der Waals surface area (Å²) in [6, 6.07) is 8.38. The largest absolute Gasteiger partial charge is 0.487 e. The molecule has 0 saturated heterocycles. The van der Waals surface area contributed by atoms with Crippen molar-refractivity contribution in [2.75, 3.05) is 0 Å². The standard InChI is InChI=1S/C16H23N3O/c1-4-14(17)10-13-9-12(2)5-6-16(13)20-11-15-7-8-19(3)18-15/h5-9,14H,4,10-11,17H2,1-3H3. The summed E-state index contributed by atoms with van der Waals surface area (Å²) in [4.78, 5) is 0. The van der Waals surface area contributed by atoms with Gasteiger partial charge in [-0.15, -0.1) is 0 Å². The van der Waals surface area contributed by atoms with Gasteiger partial charge >= 0.3 is 0 Å². The van der Waals surface area contributed by atoms with E-state index in [-0.39, 0.29) is 6.04 Å². The highest BCUT2D eigenvalue weighted by atomic mass is 16.5. The first kappa shape index (κ1) is 14.6. The second-order valence-electron chi connectivity index (χ2n) is 5.25. The van der Waals surface area contributed by atoms with E-state index in [2.05, 4.69) is 31.1 Å². The Hall–Kier alpha value is -1.81. The molecule has 4 heteroatoms. The number of benzene rings is 1. The molecule has 0 saturated carbocycles. The normalized spacial score (nSPS) is 12.4. The summed E-state index contributed by atoms with van der Waals surface area (Å²) >= 11 is 0. The fraction of sp³-hybridized carbons (Fsp3) is 0.438. The molecule has 2 rings (SSSR count). The molecule has 0 aliphatic carbocycles.